The lowest BCUT2D eigenvalue weighted by Gasteiger charge is -2.23. The minimum Gasteiger partial charge on any atom is -0.332 e. The van der Waals surface area contributed by atoms with E-state index in [1.165, 1.54) is 0 Å². The number of aromatic amines is 1. The molecule has 16 heavy (non-hydrogen) atoms. The minimum absolute atomic E-state index is 0.102. The van der Waals surface area contributed by atoms with E-state index in [-0.39, 0.29) is 11.5 Å². The van der Waals surface area contributed by atoms with Crippen LogP contribution in [0.15, 0.2) is 16.8 Å². The second-order valence-electron chi connectivity index (χ2n) is 4.77. The van der Waals surface area contributed by atoms with Gasteiger partial charge in [0, 0.05) is 6.20 Å². The van der Waals surface area contributed by atoms with Gasteiger partial charge in [0.2, 0.25) is 0 Å². The van der Waals surface area contributed by atoms with E-state index in [4.69, 9.17) is 10.3 Å². The van der Waals surface area contributed by atoms with Gasteiger partial charge in [0.05, 0.1) is 6.04 Å². The lowest BCUT2D eigenvalue weighted by Crippen LogP contribution is -2.27. The van der Waals surface area contributed by atoms with Crippen molar-refractivity contribution in [3.8, 4) is 11.6 Å². The Kier molecular flexibility index (Phi) is 2.51. The molecule has 1 unspecified atom stereocenters. The van der Waals surface area contributed by atoms with Gasteiger partial charge in [-0.3, -0.25) is 5.10 Å². The van der Waals surface area contributed by atoms with Crippen molar-refractivity contribution >= 4 is 0 Å². The van der Waals surface area contributed by atoms with Crippen molar-refractivity contribution in [2.75, 3.05) is 0 Å². The molecule has 6 nitrogen and oxygen atoms in total. The summed E-state index contributed by atoms with van der Waals surface area (Å²) in [6.45, 7) is 6.09. The number of aromatic nitrogens is 4. The molecule has 2 heterocycles. The van der Waals surface area contributed by atoms with Gasteiger partial charge in [0.1, 0.15) is 5.69 Å². The van der Waals surface area contributed by atoms with E-state index in [1.807, 2.05) is 20.8 Å². The molecule has 0 fully saturated rings. The second kappa shape index (κ2) is 3.71. The van der Waals surface area contributed by atoms with Gasteiger partial charge in [-0.1, -0.05) is 25.9 Å². The van der Waals surface area contributed by atoms with Crippen LogP contribution in [0.2, 0.25) is 0 Å². The molecule has 0 spiro atoms. The van der Waals surface area contributed by atoms with Gasteiger partial charge in [-0.05, 0) is 11.5 Å². The molecule has 2 rings (SSSR count). The highest BCUT2D eigenvalue weighted by Crippen LogP contribution is 2.29. The second-order valence-corrected chi connectivity index (χ2v) is 4.77. The molecule has 0 aliphatic carbocycles. The number of nitrogens with two attached hydrogens (primary N) is 1. The SMILES string of the molecule is CC(C)(C)C(N)c1noc(-c2ccn[nH]2)n1. The monoisotopic (exact) mass is 221 g/mol. The average Bonchev–Trinajstić information content (AvgIpc) is 2.85. The highest BCUT2D eigenvalue weighted by molar-refractivity contribution is 5.44. The Morgan fingerprint density at radius 2 is 2.19 bits per heavy atom. The summed E-state index contributed by atoms with van der Waals surface area (Å²) in [5.74, 6) is 0.921. The fourth-order valence-electron chi connectivity index (χ4n) is 1.23. The molecule has 2 aromatic rings. The van der Waals surface area contributed by atoms with E-state index >= 15 is 0 Å². The van der Waals surface area contributed by atoms with Crippen LogP contribution in [-0.4, -0.2) is 20.3 Å². The topological polar surface area (TPSA) is 93.6 Å². The molecule has 0 aliphatic rings. The molecule has 86 valence electrons. The number of hydrogen-bond donors (Lipinski definition) is 2. The Morgan fingerprint density at radius 3 is 2.75 bits per heavy atom. The van der Waals surface area contributed by atoms with Gasteiger partial charge >= 0.3 is 0 Å². The predicted octanol–water partition coefficient (Wildman–Crippen LogP) is 1.51. The lowest BCUT2D eigenvalue weighted by molar-refractivity contribution is 0.303. The van der Waals surface area contributed by atoms with Gasteiger partial charge in [-0.25, -0.2) is 0 Å². The van der Waals surface area contributed by atoms with Gasteiger partial charge in [-0.15, -0.1) is 0 Å². The van der Waals surface area contributed by atoms with E-state index in [0.717, 1.165) is 0 Å². The number of rotatable bonds is 2. The zero-order valence-electron chi connectivity index (χ0n) is 9.56. The molecule has 0 radical (unpaired) electrons. The van der Waals surface area contributed by atoms with Crippen LogP contribution in [0.5, 0.6) is 0 Å². The number of nitrogens with one attached hydrogen (secondary N) is 1. The van der Waals surface area contributed by atoms with Crippen molar-refractivity contribution in [3.63, 3.8) is 0 Å². The molecule has 0 saturated heterocycles. The Morgan fingerprint density at radius 1 is 1.44 bits per heavy atom. The number of hydrogen-bond acceptors (Lipinski definition) is 5. The Bertz CT molecular complexity index is 454. The van der Waals surface area contributed by atoms with Crippen molar-refractivity contribution in [1.82, 2.24) is 20.3 Å². The summed E-state index contributed by atoms with van der Waals surface area (Å²) in [5, 5.41) is 10.5. The normalized spacial score (nSPS) is 14.0. The van der Waals surface area contributed by atoms with Crippen LogP contribution in [0.3, 0.4) is 0 Å². The fraction of sp³-hybridized carbons (Fsp3) is 0.500. The van der Waals surface area contributed by atoms with Crippen LogP contribution in [0.1, 0.15) is 32.6 Å². The van der Waals surface area contributed by atoms with Gasteiger partial charge < -0.3 is 10.3 Å². The van der Waals surface area contributed by atoms with E-state index in [0.29, 0.717) is 17.4 Å². The number of nitrogens with zero attached hydrogens (tertiary/aromatic N) is 3. The fourth-order valence-corrected chi connectivity index (χ4v) is 1.23. The number of H-pyrrole nitrogens is 1. The minimum atomic E-state index is -0.257. The van der Waals surface area contributed by atoms with E-state index < -0.39 is 0 Å². The lowest BCUT2D eigenvalue weighted by atomic mass is 9.87. The summed E-state index contributed by atoms with van der Waals surface area (Å²) >= 11 is 0. The maximum atomic E-state index is 6.03. The third-order valence-corrected chi connectivity index (χ3v) is 2.38. The smallest absolute Gasteiger partial charge is 0.275 e. The third kappa shape index (κ3) is 1.96. The maximum absolute atomic E-state index is 6.03. The van der Waals surface area contributed by atoms with Crippen LogP contribution < -0.4 is 5.73 Å². The van der Waals surface area contributed by atoms with E-state index in [1.54, 1.807) is 12.3 Å². The molecule has 1 atom stereocenters. The molecular weight excluding hydrogens is 206 g/mol. The molecule has 0 amide bonds. The first-order valence-electron chi connectivity index (χ1n) is 5.07. The molecule has 0 aromatic carbocycles. The van der Waals surface area contributed by atoms with Crippen molar-refractivity contribution in [2.45, 2.75) is 26.8 Å². The highest BCUT2D eigenvalue weighted by atomic mass is 16.5. The summed E-state index contributed by atoms with van der Waals surface area (Å²) < 4.78 is 5.11. The summed E-state index contributed by atoms with van der Waals surface area (Å²) in [5.41, 5.74) is 6.62. The summed E-state index contributed by atoms with van der Waals surface area (Å²) in [6.07, 6.45) is 1.63. The van der Waals surface area contributed by atoms with Crippen LogP contribution in [0.4, 0.5) is 0 Å². The average molecular weight is 221 g/mol. The largest absolute Gasteiger partial charge is 0.332 e. The molecule has 0 aliphatic heterocycles. The quantitative estimate of drug-likeness (QED) is 0.801. The van der Waals surface area contributed by atoms with Crippen molar-refractivity contribution in [3.05, 3.63) is 18.1 Å². The van der Waals surface area contributed by atoms with E-state index in [9.17, 15) is 0 Å². The highest BCUT2D eigenvalue weighted by Gasteiger charge is 2.27. The van der Waals surface area contributed by atoms with E-state index in [2.05, 4.69) is 20.3 Å². The first-order valence-corrected chi connectivity index (χ1v) is 5.07. The van der Waals surface area contributed by atoms with Crippen molar-refractivity contribution < 1.29 is 4.52 Å². The third-order valence-electron chi connectivity index (χ3n) is 2.38. The Balaban J connectivity index is 2.27. The van der Waals surface area contributed by atoms with Crippen LogP contribution in [-0.2, 0) is 0 Å². The molecule has 2 aromatic heterocycles. The first kappa shape index (κ1) is 10.8. The molecule has 0 saturated carbocycles. The van der Waals surface area contributed by atoms with Gasteiger partial charge in [0.15, 0.2) is 5.82 Å². The van der Waals surface area contributed by atoms with Gasteiger partial charge in [-0.2, -0.15) is 10.1 Å². The zero-order valence-corrected chi connectivity index (χ0v) is 9.56. The molecular formula is C10H15N5O. The Hall–Kier alpha value is -1.69. The van der Waals surface area contributed by atoms with Crippen molar-refractivity contribution in [1.29, 1.82) is 0 Å². The summed E-state index contributed by atoms with van der Waals surface area (Å²) in [4.78, 5) is 4.25. The van der Waals surface area contributed by atoms with Gasteiger partial charge in [0.25, 0.3) is 5.89 Å². The Labute approximate surface area is 93.2 Å². The molecule has 0 bridgehead atoms. The van der Waals surface area contributed by atoms with Crippen LogP contribution in [0, 0.1) is 5.41 Å². The van der Waals surface area contributed by atoms with Crippen LogP contribution in [0.25, 0.3) is 11.6 Å². The standard InChI is InChI=1S/C10H15N5O/c1-10(2,3)7(11)8-13-9(16-15-8)6-4-5-12-14-6/h4-5,7H,11H2,1-3H3,(H,12,14). The van der Waals surface area contributed by atoms with Crippen molar-refractivity contribution in [2.24, 2.45) is 11.1 Å². The summed E-state index contributed by atoms with van der Waals surface area (Å²) in [7, 11) is 0. The zero-order chi connectivity index (χ0) is 11.8. The van der Waals surface area contributed by atoms with Crippen LogP contribution >= 0.6 is 0 Å². The maximum Gasteiger partial charge on any atom is 0.275 e. The molecule has 3 N–H and O–H groups in total. The molecule has 6 heteroatoms. The summed E-state index contributed by atoms with van der Waals surface area (Å²) in [6, 6.07) is 1.51. The first-order chi connectivity index (χ1) is 7.48. The predicted molar refractivity (Wildman–Crippen MR) is 58.3 cm³/mol.